The second-order valence-electron chi connectivity index (χ2n) is 7.74. The van der Waals surface area contributed by atoms with Crippen molar-refractivity contribution >= 4 is 33.3 Å². The molecule has 5 rings (SSSR count). The highest BCUT2D eigenvalue weighted by molar-refractivity contribution is 7.18. The molecule has 1 atom stereocenters. The van der Waals surface area contributed by atoms with Gasteiger partial charge in [0.25, 0.3) is 11.7 Å². The fraction of sp³-hybridized carbons (Fsp3) is 0.409. The van der Waals surface area contributed by atoms with Crippen LogP contribution in [0.5, 0.6) is 0 Å². The summed E-state index contributed by atoms with van der Waals surface area (Å²) in [7, 11) is 0. The van der Waals surface area contributed by atoms with Gasteiger partial charge in [-0.3, -0.25) is 9.69 Å². The van der Waals surface area contributed by atoms with Gasteiger partial charge in [0, 0.05) is 19.0 Å². The lowest BCUT2D eigenvalue weighted by atomic mass is 9.98. The fourth-order valence-electron chi connectivity index (χ4n) is 4.40. The standard InChI is InChI=1S/C22H24N4OS/c27-22(17-8-5-11-23-20(17)25-12-3-4-13-25)26-14-6-7-16(15-26)21-24-18-9-1-2-10-19(18)28-21/h1-2,5,8-11,16H,3-4,6-7,12-15H2/p+1/t16-/m0/s1. The van der Waals surface area contributed by atoms with Crippen LogP contribution < -0.4 is 9.88 Å². The molecule has 28 heavy (non-hydrogen) atoms. The number of amides is 1. The number of rotatable bonds is 3. The van der Waals surface area contributed by atoms with Crippen LogP contribution in [0.1, 0.15) is 47.0 Å². The number of para-hydroxylation sites is 1. The summed E-state index contributed by atoms with van der Waals surface area (Å²) in [4.78, 5) is 25.9. The van der Waals surface area contributed by atoms with Crippen LogP contribution >= 0.6 is 11.3 Å². The number of pyridine rings is 1. The number of likely N-dealkylation sites (tertiary alicyclic amines) is 1. The predicted octanol–water partition coefficient (Wildman–Crippen LogP) is 3.73. The Hall–Kier alpha value is -2.47. The van der Waals surface area contributed by atoms with E-state index in [1.54, 1.807) is 11.3 Å². The number of H-pyrrole nitrogens is 1. The number of fused-ring (bicyclic) bond motifs is 1. The molecule has 0 radical (unpaired) electrons. The van der Waals surface area contributed by atoms with Crippen molar-refractivity contribution in [2.45, 2.75) is 31.6 Å². The van der Waals surface area contributed by atoms with Crippen molar-refractivity contribution in [3.63, 3.8) is 0 Å². The van der Waals surface area contributed by atoms with Gasteiger partial charge in [0.15, 0.2) is 0 Å². The van der Waals surface area contributed by atoms with Gasteiger partial charge in [0.1, 0.15) is 5.56 Å². The second-order valence-corrected chi connectivity index (χ2v) is 8.80. The minimum Gasteiger partial charge on any atom is -0.338 e. The lowest BCUT2D eigenvalue weighted by Crippen LogP contribution is -2.40. The largest absolute Gasteiger partial charge is 0.338 e. The molecule has 0 saturated carbocycles. The molecule has 2 aromatic heterocycles. The summed E-state index contributed by atoms with van der Waals surface area (Å²) in [6.45, 7) is 3.63. The van der Waals surface area contributed by atoms with Crippen molar-refractivity contribution in [3.8, 4) is 0 Å². The van der Waals surface area contributed by atoms with Gasteiger partial charge in [0.2, 0.25) is 0 Å². The van der Waals surface area contributed by atoms with Crippen molar-refractivity contribution in [1.82, 2.24) is 9.88 Å². The maximum absolute atomic E-state index is 13.4. The number of carbonyl (C=O) groups is 1. The molecule has 144 valence electrons. The maximum atomic E-state index is 13.4. The van der Waals surface area contributed by atoms with Crippen LogP contribution in [0.2, 0.25) is 0 Å². The number of piperidine rings is 1. The van der Waals surface area contributed by atoms with Crippen molar-refractivity contribution in [3.05, 3.63) is 53.2 Å². The molecule has 0 aliphatic carbocycles. The van der Waals surface area contributed by atoms with Crippen molar-refractivity contribution < 1.29 is 9.78 Å². The third-order valence-corrected chi connectivity index (χ3v) is 7.05. The summed E-state index contributed by atoms with van der Waals surface area (Å²) in [5.41, 5.74) is 1.87. The van der Waals surface area contributed by atoms with E-state index in [2.05, 4.69) is 28.1 Å². The summed E-state index contributed by atoms with van der Waals surface area (Å²) >= 11 is 1.77. The number of hydrogen-bond donors (Lipinski definition) is 0. The quantitative estimate of drug-likeness (QED) is 0.681. The van der Waals surface area contributed by atoms with Gasteiger partial charge in [0.05, 0.1) is 34.5 Å². The molecule has 2 aliphatic heterocycles. The van der Waals surface area contributed by atoms with Crippen molar-refractivity contribution in [2.75, 3.05) is 31.1 Å². The molecule has 2 saturated heterocycles. The SMILES string of the molecule is O=C(c1ccc[nH+]c1N1CCCC1)N1CCC[C@H](c2nc3ccccc3s2)C1. The highest BCUT2D eigenvalue weighted by Crippen LogP contribution is 2.33. The van der Waals surface area contributed by atoms with Crippen LogP contribution in [0.15, 0.2) is 42.6 Å². The minimum absolute atomic E-state index is 0.143. The van der Waals surface area contributed by atoms with Gasteiger partial charge in [-0.1, -0.05) is 12.1 Å². The molecule has 3 aromatic rings. The molecule has 1 amide bonds. The van der Waals surface area contributed by atoms with Crippen LogP contribution in [-0.4, -0.2) is 42.0 Å². The number of aromatic nitrogens is 2. The first kappa shape index (κ1) is 17.6. The number of hydrogen-bond acceptors (Lipinski definition) is 4. The highest BCUT2D eigenvalue weighted by Gasteiger charge is 2.32. The van der Waals surface area contributed by atoms with Gasteiger partial charge in [-0.15, -0.1) is 11.3 Å². The summed E-state index contributed by atoms with van der Waals surface area (Å²) < 4.78 is 1.23. The average Bonchev–Trinajstić information content (AvgIpc) is 3.43. The summed E-state index contributed by atoms with van der Waals surface area (Å²) in [6, 6.07) is 12.2. The van der Waals surface area contributed by atoms with E-state index in [1.165, 1.54) is 17.5 Å². The molecule has 5 nitrogen and oxygen atoms in total. The Bertz CT molecular complexity index is 962. The molecule has 0 unspecified atom stereocenters. The van der Waals surface area contributed by atoms with Gasteiger partial charge in [-0.05, 0) is 49.9 Å². The zero-order valence-corrected chi connectivity index (χ0v) is 16.8. The van der Waals surface area contributed by atoms with Crippen molar-refractivity contribution in [2.24, 2.45) is 0 Å². The molecule has 4 heterocycles. The van der Waals surface area contributed by atoms with Crippen molar-refractivity contribution in [1.29, 1.82) is 0 Å². The lowest BCUT2D eigenvalue weighted by Gasteiger charge is -2.32. The number of aromatic amines is 1. The fourth-order valence-corrected chi connectivity index (χ4v) is 5.49. The van der Waals surface area contributed by atoms with Crippen LogP contribution in [-0.2, 0) is 0 Å². The number of anilines is 1. The number of thiazole rings is 1. The number of nitrogens with zero attached hydrogens (tertiary/aromatic N) is 3. The molecule has 2 fully saturated rings. The first-order chi connectivity index (χ1) is 13.8. The van der Waals surface area contributed by atoms with E-state index in [0.717, 1.165) is 60.9 Å². The number of benzene rings is 1. The Morgan fingerprint density at radius 1 is 1.07 bits per heavy atom. The van der Waals surface area contributed by atoms with Gasteiger partial charge in [-0.2, -0.15) is 0 Å². The lowest BCUT2D eigenvalue weighted by molar-refractivity contribution is -0.364. The summed E-state index contributed by atoms with van der Waals surface area (Å²) in [5, 5.41) is 1.16. The first-order valence-corrected chi connectivity index (χ1v) is 11.0. The smallest absolute Gasteiger partial charge is 0.287 e. The Morgan fingerprint density at radius 3 is 2.79 bits per heavy atom. The molecular formula is C22H25N4OS+. The highest BCUT2D eigenvalue weighted by atomic mass is 32.1. The predicted molar refractivity (Wildman–Crippen MR) is 112 cm³/mol. The monoisotopic (exact) mass is 393 g/mol. The number of carbonyl (C=O) groups excluding carboxylic acids is 1. The Kier molecular flexibility index (Phi) is 4.72. The first-order valence-electron chi connectivity index (χ1n) is 10.2. The maximum Gasteiger partial charge on any atom is 0.287 e. The normalized spacial score (nSPS) is 20.1. The molecule has 0 spiro atoms. The van der Waals surface area contributed by atoms with E-state index < -0.39 is 0 Å². The van der Waals surface area contributed by atoms with Crippen LogP contribution in [0.4, 0.5) is 5.82 Å². The van der Waals surface area contributed by atoms with E-state index in [4.69, 9.17) is 4.98 Å². The zero-order chi connectivity index (χ0) is 18.9. The Balaban J connectivity index is 1.38. The van der Waals surface area contributed by atoms with Crippen LogP contribution in [0.3, 0.4) is 0 Å². The summed E-state index contributed by atoms with van der Waals surface area (Å²) in [5.74, 6) is 1.45. The molecule has 1 aromatic carbocycles. The molecular weight excluding hydrogens is 368 g/mol. The minimum atomic E-state index is 0.143. The third-order valence-electron chi connectivity index (χ3n) is 5.86. The molecule has 0 bridgehead atoms. The van der Waals surface area contributed by atoms with E-state index >= 15 is 0 Å². The topological polar surface area (TPSA) is 50.6 Å². The van der Waals surface area contributed by atoms with E-state index in [0.29, 0.717) is 5.92 Å². The Morgan fingerprint density at radius 2 is 1.93 bits per heavy atom. The van der Waals surface area contributed by atoms with Gasteiger partial charge in [-0.25, -0.2) is 9.97 Å². The van der Waals surface area contributed by atoms with Gasteiger partial charge >= 0.3 is 0 Å². The summed E-state index contributed by atoms with van der Waals surface area (Å²) in [6.07, 6.45) is 6.44. The van der Waals surface area contributed by atoms with E-state index in [-0.39, 0.29) is 5.91 Å². The van der Waals surface area contributed by atoms with Gasteiger partial charge < -0.3 is 4.90 Å². The third kappa shape index (κ3) is 3.26. The second kappa shape index (κ2) is 7.51. The van der Waals surface area contributed by atoms with E-state index in [9.17, 15) is 4.79 Å². The molecule has 2 aliphatic rings. The van der Waals surface area contributed by atoms with Crippen LogP contribution in [0.25, 0.3) is 10.2 Å². The zero-order valence-electron chi connectivity index (χ0n) is 15.9. The molecule has 1 N–H and O–H groups in total. The van der Waals surface area contributed by atoms with Crippen LogP contribution in [0, 0.1) is 0 Å². The average molecular weight is 394 g/mol. The number of nitrogens with one attached hydrogen (secondary N) is 1. The Labute approximate surface area is 169 Å². The molecule has 6 heteroatoms. The van der Waals surface area contributed by atoms with E-state index in [1.807, 2.05) is 29.3 Å².